The van der Waals surface area contributed by atoms with Crippen molar-refractivity contribution in [1.82, 2.24) is 0 Å². The van der Waals surface area contributed by atoms with E-state index in [0.29, 0.717) is 29.3 Å². The second kappa shape index (κ2) is 6.73. The van der Waals surface area contributed by atoms with Gasteiger partial charge >= 0.3 is 0 Å². The fraction of sp³-hybridized carbons (Fsp3) is 0.588. The van der Waals surface area contributed by atoms with Crippen LogP contribution in [0.1, 0.15) is 38.5 Å². The zero-order valence-corrected chi connectivity index (χ0v) is 13.0. The Morgan fingerprint density at radius 3 is 2.48 bits per heavy atom. The van der Waals surface area contributed by atoms with Crippen molar-refractivity contribution in [2.75, 3.05) is 6.61 Å². The van der Waals surface area contributed by atoms with Gasteiger partial charge in [0.05, 0.1) is 6.61 Å². The van der Waals surface area contributed by atoms with Crippen molar-refractivity contribution in [3.05, 3.63) is 30.3 Å². The number of ketones is 1. The van der Waals surface area contributed by atoms with E-state index in [1.807, 2.05) is 30.3 Å². The highest BCUT2D eigenvalue weighted by Gasteiger charge is 2.42. The molecule has 1 aromatic rings. The van der Waals surface area contributed by atoms with Crippen LogP contribution in [-0.4, -0.2) is 27.1 Å². The topological polar surface area (TPSA) is 43.4 Å². The molecule has 2 fully saturated rings. The molecule has 21 heavy (non-hydrogen) atoms. The zero-order valence-electron chi connectivity index (χ0n) is 12.2. The molecule has 3 nitrogen and oxygen atoms in total. The second-order valence-corrected chi connectivity index (χ2v) is 8.04. The number of hydrogen-bond donors (Lipinski definition) is 0. The molecule has 0 amide bonds. The van der Waals surface area contributed by atoms with Gasteiger partial charge < -0.3 is 4.74 Å². The molecule has 2 saturated heterocycles. The maximum Gasteiger partial charge on any atom is 0.136 e. The molecule has 0 aliphatic carbocycles. The van der Waals surface area contributed by atoms with Crippen LogP contribution in [-0.2, 0) is 15.6 Å². The number of fused-ring (bicyclic) bond motifs is 2. The van der Waals surface area contributed by atoms with Crippen molar-refractivity contribution in [3.63, 3.8) is 0 Å². The number of rotatable bonds is 6. The van der Waals surface area contributed by atoms with Gasteiger partial charge in [-0.3, -0.25) is 9.00 Å². The van der Waals surface area contributed by atoms with Crippen LogP contribution < -0.4 is 4.74 Å². The van der Waals surface area contributed by atoms with Crippen LogP contribution in [0, 0.1) is 5.92 Å². The van der Waals surface area contributed by atoms with E-state index >= 15 is 0 Å². The summed E-state index contributed by atoms with van der Waals surface area (Å²) in [5.74, 6) is 1.35. The first kappa shape index (κ1) is 14.8. The minimum Gasteiger partial charge on any atom is -0.494 e. The molecule has 2 bridgehead atoms. The van der Waals surface area contributed by atoms with Gasteiger partial charge in [0.15, 0.2) is 0 Å². The van der Waals surface area contributed by atoms with E-state index in [2.05, 4.69) is 0 Å². The van der Waals surface area contributed by atoms with Gasteiger partial charge in [0, 0.05) is 33.6 Å². The third-order valence-corrected chi connectivity index (χ3v) is 6.77. The summed E-state index contributed by atoms with van der Waals surface area (Å²) in [5.41, 5.74) is 0. The lowest BCUT2D eigenvalue weighted by Crippen LogP contribution is -2.32. The predicted molar refractivity (Wildman–Crippen MR) is 83.9 cm³/mol. The van der Waals surface area contributed by atoms with E-state index in [4.69, 9.17) is 4.74 Å². The fourth-order valence-electron chi connectivity index (χ4n) is 3.45. The SMILES string of the molecule is O=C(CCCOc1ccccc1)C1CC2CCC(C1)S2=O. The summed E-state index contributed by atoms with van der Waals surface area (Å²) in [6.45, 7) is 0.585. The lowest BCUT2D eigenvalue weighted by molar-refractivity contribution is -0.123. The Hall–Kier alpha value is -1.16. The third kappa shape index (κ3) is 3.54. The highest BCUT2D eigenvalue weighted by molar-refractivity contribution is 7.86. The smallest absolute Gasteiger partial charge is 0.136 e. The molecule has 0 radical (unpaired) electrons. The van der Waals surface area contributed by atoms with Crippen LogP contribution in [0.4, 0.5) is 0 Å². The van der Waals surface area contributed by atoms with Gasteiger partial charge in [0.1, 0.15) is 11.5 Å². The van der Waals surface area contributed by atoms with Crippen LogP contribution in [0.3, 0.4) is 0 Å². The molecule has 2 heterocycles. The normalized spacial score (nSPS) is 31.0. The van der Waals surface area contributed by atoms with Gasteiger partial charge in [-0.15, -0.1) is 0 Å². The molecule has 0 N–H and O–H groups in total. The van der Waals surface area contributed by atoms with Crippen LogP contribution in [0.2, 0.25) is 0 Å². The number of para-hydroxylation sites is 1. The maximum absolute atomic E-state index is 12.3. The summed E-state index contributed by atoms with van der Waals surface area (Å²) < 4.78 is 17.6. The van der Waals surface area contributed by atoms with E-state index < -0.39 is 10.8 Å². The quantitative estimate of drug-likeness (QED) is 0.759. The van der Waals surface area contributed by atoms with Gasteiger partial charge in [0.25, 0.3) is 0 Å². The molecular weight excluding hydrogens is 284 g/mol. The van der Waals surface area contributed by atoms with Gasteiger partial charge in [-0.25, -0.2) is 0 Å². The minimum absolute atomic E-state index is 0.150. The summed E-state index contributed by atoms with van der Waals surface area (Å²) in [4.78, 5) is 12.3. The molecule has 0 saturated carbocycles. The maximum atomic E-state index is 12.3. The highest BCUT2D eigenvalue weighted by atomic mass is 32.2. The average Bonchev–Trinajstić information content (AvgIpc) is 2.74. The van der Waals surface area contributed by atoms with Crippen LogP contribution in [0.25, 0.3) is 0 Å². The van der Waals surface area contributed by atoms with E-state index in [0.717, 1.165) is 37.9 Å². The summed E-state index contributed by atoms with van der Waals surface area (Å²) in [6.07, 6.45) is 5.16. The molecule has 4 heteroatoms. The zero-order chi connectivity index (χ0) is 14.7. The van der Waals surface area contributed by atoms with Crippen molar-refractivity contribution in [3.8, 4) is 5.75 Å². The Bertz CT molecular complexity index is 498. The van der Waals surface area contributed by atoms with Gasteiger partial charge in [-0.2, -0.15) is 0 Å². The first-order valence-corrected chi connectivity index (χ1v) is 9.11. The second-order valence-electron chi connectivity index (χ2n) is 6.05. The van der Waals surface area contributed by atoms with Crippen LogP contribution >= 0.6 is 0 Å². The van der Waals surface area contributed by atoms with Crippen molar-refractivity contribution in [2.24, 2.45) is 5.92 Å². The third-order valence-electron chi connectivity index (χ3n) is 4.60. The van der Waals surface area contributed by atoms with Crippen molar-refractivity contribution >= 4 is 16.6 Å². The number of Topliss-reactive ketones (excluding diaryl/α,β-unsaturated/α-hetero) is 1. The number of benzene rings is 1. The number of carbonyl (C=O) groups excluding carboxylic acids is 1. The molecule has 3 rings (SSSR count). The summed E-state index contributed by atoms with van der Waals surface area (Å²) in [6, 6.07) is 9.69. The standard InChI is InChI=1S/C17H22O3S/c18-17(7-4-10-20-14-5-2-1-3-6-14)13-11-15-8-9-16(12-13)21(15)19/h1-3,5-6,13,15-16H,4,7-12H2. The minimum atomic E-state index is -0.665. The molecule has 2 aliphatic heterocycles. The van der Waals surface area contributed by atoms with Gasteiger partial charge in [-0.05, 0) is 44.2 Å². The highest BCUT2D eigenvalue weighted by Crippen LogP contribution is 2.39. The number of ether oxygens (including phenoxy) is 1. The molecule has 0 aromatic heterocycles. The monoisotopic (exact) mass is 306 g/mol. The summed E-state index contributed by atoms with van der Waals surface area (Å²) in [7, 11) is -0.665. The van der Waals surface area contributed by atoms with Gasteiger partial charge in [0.2, 0.25) is 0 Å². The Balaban J connectivity index is 1.40. The van der Waals surface area contributed by atoms with E-state index in [1.165, 1.54) is 0 Å². The fourth-order valence-corrected chi connectivity index (χ4v) is 5.58. The Morgan fingerprint density at radius 2 is 1.81 bits per heavy atom. The Labute approximate surface area is 128 Å². The van der Waals surface area contributed by atoms with Crippen LogP contribution in [0.15, 0.2) is 30.3 Å². The van der Waals surface area contributed by atoms with Crippen molar-refractivity contribution < 1.29 is 13.7 Å². The number of carbonyl (C=O) groups is 1. The first-order valence-electron chi connectivity index (χ1n) is 7.84. The van der Waals surface area contributed by atoms with Crippen molar-refractivity contribution in [2.45, 2.75) is 49.0 Å². The average molecular weight is 306 g/mol. The molecule has 2 aliphatic rings. The molecule has 114 valence electrons. The van der Waals surface area contributed by atoms with E-state index in [9.17, 15) is 9.00 Å². The number of hydrogen-bond acceptors (Lipinski definition) is 3. The van der Waals surface area contributed by atoms with Gasteiger partial charge in [-0.1, -0.05) is 18.2 Å². The lowest BCUT2D eigenvalue weighted by atomic mass is 9.92. The molecular formula is C17H22O3S. The Kier molecular flexibility index (Phi) is 4.73. The predicted octanol–water partition coefficient (Wildman–Crippen LogP) is 3.10. The lowest BCUT2D eigenvalue weighted by Gasteiger charge is -2.26. The summed E-state index contributed by atoms with van der Waals surface area (Å²) in [5, 5.41) is 0.580. The molecule has 2 unspecified atom stereocenters. The van der Waals surface area contributed by atoms with E-state index in [1.54, 1.807) is 0 Å². The molecule has 2 atom stereocenters. The van der Waals surface area contributed by atoms with E-state index in [-0.39, 0.29) is 5.92 Å². The largest absolute Gasteiger partial charge is 0.494 e. The first-order chi connectivity index (χ1) is 10.2. The van der Waals surface area contributed by atoms with Crippen molar-refractivity contribution in [1.29, 1.82) is 0 Å². The van der Waals surface area contributed by atoms with Crippen LogP contribution in [0.5, 0.6) is 5.75 Å². The molecule has 1 aromatic carbocycles. The molecule has 0 spiro atoms. The Morgan fingerprint density at radius 1 is 1.14 bits per heavy atom. The summed E-state index contributed by atoms with van der Waals surface area (Å²) >= 11 is 0.